The molecule has 3 heterocycles. The second-order valence-corrected chi connectivity index (χ2v) is 14.2. The number of carbonyl (C=O) groups is 2. The molecule has 47 heavy (non-hydrogen) atoms. The van der Waals surface area contributed by atoms with E-state index in [-0.39, 0.29) is 28.7 Å². The zero-order valence-electron chi connectivity index (χ0n) is 26.7. The molecule has 3 aromatic carbocycles. The van der Waals surface area contributed by atoms with Crippen LogP contribution in [0.5, 0.6) is 0 Å². The van der Waals surface area contributed by atoms with Gasteiger partial charge >= 0.3 is 0 Å². The number of nitrogens with zero attached hydrogens (tertiary/aromatic N) is 4. The van der Waals surface area contributed by atoms with Gasteiger partial charge in [-0.25, -0.2) is 13.1 Å². The Morgan fingerprint density at radius 1 is 0.830 bits per heavy atom. The monoisotopic (exact) mass is 654 g/mol. The van der Waals surface area contributed by atoms with Crippen LogP contribution in [-0.2, 0) is 19.6 Å². The lowest BCUT2D eigenvalue weighted by atomic mass is 9.84. The molecular weight excluding hydrogens is 613 g/mol. The molecule has 0 bridgehead atoms. The number of likely N-dealkylation sites (tertiary alicyclic amines) is 1. The van der Waals surface area contributed by atoms with Crippen molar-refractivity contribution in [3.05, 3.63) is 103 Å². The van der Waals surface area contributed by atoms with Crippen molar-refractivity contribution < 1.29 is 18.0 Å². The Morgan fingerprint density at radius 2 is 1.49 bits per heavy atom. The number of benzene rings is 3. The molecule has 0 radical (unpaired) electrons. The Kier molecular flexibility index (Phi) is 9.86. The summed E-state index contributed by atoms with van der Waals surface area (Å²) in [4.78, 5) is 36.8. The highest BCUT2D eigenvalue weighted by molar-refractivity contribution is 7.89. The minimum atomic E-state index is -3.92. The molecule has 10 nitrogen and oxygen atoms in total. The van der Waals surface area contributed by atoms with E-state index in [1.165, 1.54) is 6.92 Å². The third-order valence-corrected chi connectivity index (χ3v) is 11.1. The van der Waals surface area contributed by atoms with Gasteiger partial charge in [0.25, 0.3) is 0 Å². The number of piperidine rings is 1. The Balaban J connectivity index is 1.14. The minimum absolute atomic E-state index is 0.000127. The molecule has 11 heteroatoms. The highest BCUT2D eigenvalue weighted by Crippen LogP contribution is 2.32. The van der Waals surface area contributed by atoms with Crippen molar-refractivity contribution in [2.75, 3.05) is 50.7 Å². The molecule has 4 aromatic rings. The lowest BCUT2D eigenvalue weighted by Crippen LogP contribution is -2.65. The van der Waals surface area contributed by atoms with Gasteiger partial charge in [0, 0.05) is 82.8 Å². The van der Waals surface area contributed by atoms with E-state index in [0.717, 1.165) is 48.2 Å². The predicted molar refractivity (Wildman–Crippen MR) is 183 cm³/mol. The van der Waals surface area contributed by atoms with E-state index < -0.39 is 16.1 Å². The molecule has 6 rings (SSSR count). The number of pyridine rings is 1. The van der Waals surface area contributed by atoms with Crippen LogP contribution in [0, 0.1) is 0 Å². The van der Waals surface area contributed by atoms with Gasteiger partial charge < -0.3 is 15.1 Å². The molecule has 2 amide bonds. The first-order valence-electron chi connectivity index (χ1n) is 16.2. The summed E-state index contributed by atoms with van der Waals surface area (Å²) in [6, 6.07) is 25.3. The van der Waals surface area contributed by atoms with Gasteiger partial charge in [-0.15, -0.1) is 0 Å². The lowest BCUT2D eigenvalue weighted by molar-refractivity contribution is -0.135. The summed E-state index contributed by atoms with van der Waals surface area (Å²) in [5.74, 6) is -0.168. The maximum absolute atomic E-state index is 13.8. The summed E-state index contributed by atoms with van der Waals surface area (Å²) < 4.78 is 30.1. The first-order chi connectivity index (χ1) is 22.7. The molecule has 0 spiro atoms. The molecule has 1 unspecified atom stereocenters. The smallest absolute Gasteiger partial charge is 0.241 e. The van der Waals surface area contributed by atoms with Crippen LogP contribution in [0.2, 0.25) is 0 Å². The fourth-order valence-electron chi connectivity index (χ4n) is 6.87. The van der Waals surface area contributed by atoms with Crippen molar-refractivity contribution in [3.63, 3.8) is 0 Å². The fourth-order valence-corrected chi connectivity index (χ4v) is 8.13. The quantitative estimate of drug-likeness (QED) is 0.266. The van der Waals surface area contributed by atoms with Crippen molar-refractivity contribution in [3.8, 4) is 0 Å². The van der Waals surface area contributed by atoms with Crippen LogP contribution < -0.4 is 14.9 Å². The molecule has 0 aliphatic carbocycles. The summed E-state index contributed by atoms with van der Waals surface area (Å²) in [6.07, 6.45) is 5.05. The van der Waals surface area contributed by atoms with Gasteiger partial charge in [-0.05, 0) is 53.4 Å². The third kappa shape index (κ3) is 7.64. The van der Waals surface area contributed by atoms with Gasteiger partial charge in [0.05, 0.1) is 10.9 Å². The predicted octanol–water partition coefficient (Wildman–Crippen LogP) is 3.96. The number of piperazine rings is 1. The van der Waals surface area contributed by atoms with Crippen LogP contribution in [0.15, 0.2) is 102 Å². The molecule has 2 N–H and O–H groups in total. The largest absolute Gasteiger partial charge is 0.369 e. The van der Waals surface area contributed by atoms with Crippen LogP contribution in [-0.4, -0.2) is 86.4 Å². The highest BCUT2D eigenvalue weighted by atomic mass is 32.2. The molecular formula is C36H42N6O4S. The van der Waals surface area contributed by atoms with Crippen molar-refractivity contribution >= 4 is 38.3 Å². The molecule has 2 fully saturated rings. The second-order valence-electron chi connectivity index (χ2n) is 12.5. The maximum Gasteiger partial charge on any atom is 0.241 e. The number of amides is 2. The number of carbonyl (C=O) groups excluding carboxylic acids is 2. The van der Waals surface area contributed by atoms with Crippen molar-refractivity contribution in [1.82, 2.24) is 24.8 Å². The fraction of sp³-hybridized carbons (Fsp3) is 0.361. The van der Waals surface area contributed by atoms with Gasteiger partial charge in [-0.2, -0.15) is 0 Å². The normalized spacial score (nSPS) is 17.7. The van der Waals surface area contributed by atoms with Crippen molar-refractivity contribution in [2.24, 2.45) is 0 Å². The van der Waals surface area contributed by atoms with E-state index in [1.807, 2.05) is 84.0 Å². The van der Waals surface area contributed by atoms with E-state index in [2.05, 4.69) is 24.8 Å². The number of hydrogen-bond acceptors (Lipinski definition) is 7. The van der Waals surface area contributed by atoms with Gasteiger partial charge in [0.15, 0.2) is 0 Å². The average Bonchev–Trinajstić information content (AvgIpc) is 3.11. The Labute approximate surface area is 276 Å². The number of nitrogens with one attached hydrogen (secondary N) is 2. The van der Waals surface area contributed by atoms with Crippen LogP contribution >= 0.6 is 0 Å². The Morgan fingerprint density at radius 3 is 2.17 bits per heavy atom. The standard InChI is InChI=1S/C36H42N6O4S/c1-28(43)38-27-36(42-23-21-40(22-24-42)32-13-17-37-18-14-32)15-19-41(20-16-36)35(44)26-34(30-8-3-2-4-9-30)39-47(45,46)33-12-11-29-7-5-6-10-31(29)25-33/h2-14,17-18,25,34,39H,15-16,19-24,26-27H2,1H3,(H,38,43). The number of aromatic nitrogens is 1. The molecule has 1 aromatic heterocycles. The summed E-state index contributed by atoms with van der Waals surface area (Å²) in [5, 5.41) is 4.85. The van der Waals surface area contributed by atoms with Gasteiger partial charge in [0.1, 0.15) is 0 Å². The van der Waals surface area contributed by atoms with Crippen LogP contribution in [0.4, 0.5) is 5.69 Å². The Hall–Kier alpha value is -4.32. The van der Waals surface area contributed by atoms with Crippen LogP contribution in [0.1, 0.15) is 37.8 Å². The number of fused-ring (bicyclic) bond motifs is 1. The van der Waals surface area contributed by atoms with E-state index in [9.17, 15) is 18.0 Å². The zero-order valence-corrected chi connectivity index (χ0v) is 27.5. The number of hydrogen-bond donors (Lipinski definition) is 2. The second kappa shape index (κ2) is 14.2. The molecule has 1 atom stereocenters. The number of anilines is 1. The first-order valence-corrected chi connectivity index (χ1v) is 17.7. The average molecular weight is 655 g/mol. The summed E-state index contributed by atoms with van der Waals surface area (Å²) in [7, 11) is -3.92. The van der Waals surface area contributed by atoms with E-state index in [1.54, 1.807) is 18.2 Å². The summed E-state index contributed by atoms with van der Waals surface area (Å²) in [6.45, 7) is 6.55. The van der Waals surface area contributed by atoms with Crippen molar-refractivity contribution in [1.29, 1.82) is 0 Å². The highest BCUT2D eigenvalue weighted by Gasteiger charge is 2.42. The lowest BCUT2D eigenvalue weighted by Gasteiger charge is -2.52. The molecule has 2 aliphatic rings. The molecule has 246 valence electrons. The van der Waals surface area contributed by atoms with Crippen molar-refractivity contribution in [2.45, 2.75) is 42.7 Å². The van der Waals surface area contributed by atoms with Crippen LogP contribution in [0.3, 0.4) is 0 Å². The zero-order chi connectivity index (χ0) is 32.9. The Bertz CT molecular complexity index is 1790. The molecule has 2 saturated heterocycles. The summed E-state index contributed by atoms with van der Waals surface area (Å²) >= 11 is 0. The third-order valence-electron chi connectivity index (χ3n) is 9.60. The maximum atomic E-state index is 13.8. The van der Waals surface area contributed by atoms with E-state index >= 15 is 0 Å². The topological polar surface area (TPSA) is 115 Å². The first kappa shape index (κ1) is 32.6. The van der Waals surface area contributed by atoms with E-state index in [0.29, 0.717) is 32.5 Å². The van der Waals surface area contributed by atoms with Gasteiger partial charge in [-0.1, -0.05) is 60.7 Å². The number of sulfonamides is 1. The van der Waals surface area contributed by atoms with E-state index in [4.69, 9.17) is 0 Å². The molecule has 0 saturated carbocycles. The SMILES string of the molecule is CC(=O)NCC1(N2CCN(c3ccncc3)CC2)CCN(C(=O)CC(NS(=O)(=O)c2ccc3ccccc3c2)c2ccccc2)CC1. The van der Waals surface area contributed by atoms with Gasteiger partial charge in [0.2, 0.25) is 21.8 Å². The molecule has 2 aliphatic heterocycles. The van der Waals surface area contributed by atoms with Gasteiger partial charge in [-0.3, -0.25) is 19.5 Å². The number of rotatable bonds is 10. The minimum Gasteiger partial charge on any atom is -0.369 e. The summed E-state index contributed by atoms with van der Waals surface area (Å²) in [5.41, 5.74) is 1.62. The van der Waals surface area contributed by atoms with Crippen LogP contribution in [0.25, 0.3) is 10.8 Å².